The van der Waals surface area contributed by atoms with E-state index in [1.165, 1.54) is 0 Å². The first-order valence-corrected chi connectivity index (χ1v) is 6.64. The van der Waals surface area contributed by atoms with Crippen molar-refractivity contribution in [1.29, 1.82) is 0 Å². The van der Waals surface area contributed by atoms with Gasteiger partial charge in [-0.3, -0.25) is 4.79 Å². The molecular weight excluding hydrogens is 264 g/mol. The molecule has 19 heavy (non-hydrogen) atoms. The van der Waals surface area contributed by atoms with E-state index in [1.54, 1.807) is 0 Å². The number of fused-ring (bicyclic) bond motifs is 1. The minimum absolute atomic E-state index is 0.0675. The molecule has 100 valence electrons. The molecule has 2 heterocycles. The summed E-state index contributed by atoms with van der Waals surface area (Å²) in [6.07, 6.45) is 2.59. The van der Waals surface area contributed by atoms with Gasteiger partial charge >= 0.3 is 5.97 Å². The molecule has 1 saturated heterocycles. The van der Waals surface area contributed by atoms with Gasteiger partial charge < -0.3 is 15.0 Å². The van der Waals surface area contributed by atoms with Gasteiger partial charge in [-0.05, 0) is 30.2 Å². The highest BCUT2D eigenvalue weighted by Gasteiger charge is 2.30. The van der Waals surface area contributed by atoms with E-state index in [9.17, 15) is 4.79 Å². The second-order valence-corrected chi connectivity index (χ2v) is 5.50. The highest BCUT2D eigenvalue weighted by atomic mass is 35.5. The number of benzene rings is 1. The third kappa shape index (κ3) is 2.11. The number of carbonyl (C=O) groups is 1. The number of aryl methyl sites for hydroxylation is 1. The van der Waals surface area contributed by atoms with Gasteiger partial charge in [0.05, 0.1) is 10.9 Å². The number of nitrogens with one attached hydrogen (secondary N) is 1. The van der Waals surface area contributed by atoms with E-state index in [2.05, 4.69) is 11.4 Å². The fraction of sp³-hybridized carbons (Fsp3) is 0.357. The van der Waals surface area contributed by atoms with Crippen molar-refractivity contribution in [2.24, 2.45) is 13.0 Å². The average molecular weight is 279 g/mol. The molecule has 0 spiro atoms. The number of carboxylic acids is 1. The Labute approximate surface area is 116 Å². The molecule has 0 radical (unpaired) electrons. The zero-order valence-electron chi connectivity index (χ0n) is 10.6. The number of aliphatic carboxylic acids is 1. The van der Waals surface area contributed by atoms with Crippen LogP contribution in [0.2, 0.25) is 5.02 Å². The Balaban J connectivity index is 1.97. The standard InChI is InChI=1S/C14H15ClN2O2/c1-17-3-2-10-11(15)4-8(6-13(10)17)12-5-9(7-16-12)14(18)19/h2-4,6,9,12,16H,5,7H2,1H3,(H,18,19). The van der Waals surface area contributed by atoms with Gasteiger partial charge in [0, 0.05) is 36.7 Å². The molecule has 0 aliphatic carbocycles. The highest BCUT2D eigenvalue weighted by Crippen LogP contribution is 2.33. The van der Waals surface area contributed by atoms with E-state index in [0.29, 0.717) is 18.0 Å². The van der Waals surface area contributed by atoms with Crippen LogP contribution in [0.1, 0.15) is 18.0 Å². The molecule has 1 fully saturated rings. The van der Waals surface area contributed by atoms with Crippen molar-refractivity contribution in [2.45, 2.75) is 12.5 Å². The van der Waals surface area contributed by atoms with Crippen LogP contribution >= 0.6 is 11.6 Å². The molecule has 1 aromatic carbocycles. The largest absolute Gasteiger partial charge is 0.481 e. The van der Waals surface area contributed by atoms with Gasteiger partial charge in [0.1, 0.15) is 0 Å². The maximum atomic E-state index is 11.0. The molecule has 2 atom stereocenters. The summed E-state index contributed by atoms with van der Waals surface area (Å²) in [4.78, 5) is 11.0. The Morgan fingerprint density at radius 1 is 1.53 bits per heavy atom. The summed E-state index contributed by atoms with van der Waals surface area (Å²) in [6, 6.07) is 6.08. The molecule has 4 nitrogen and oxygen atoms in total. The van der Waals surface area contributed by atoms with Crippen molar-refractivity contribution in [3.63, 3.8) is 0 Å². The van der Waals surface area contributed by atoms with Crippen LogP contribution in [0.3, 0.4) is 0 Å². The minimum Gasteiger partial charge on any atom is -0.481 e. The Hall–Kier alpha value is -1.52. The number of halogens is 1. The quantitative estimate of drug-likeness (QED) is 0.888. The van der Waals surface area contributed by atoms with Crippen LogP contribution in [0, 0.1) is 5.92 Å². The molecule has 1 aliphatic rings. The Kier molecular flexibility index (Phi) is 2.99. The van der Waals surface area contributed by atoms with Crippen LogP contribution in [-0.4, -0.2) is 22.2 Å². The molecule has 0 amide bonds. The van der Waals surface area contributed by atoms with E-state index in [1.807, 2.05) is 29.9 Å². The number of hydrogen-bond donors (Lipinski definition) is 2. The van der Waals surface area contributed by atoms with Gasteiger partial charge in [-0.2, -0.15) is 0 Å². The summed E-state index contributed by atoms with van der Waals surface area (Å²) in [6.45, 7) is 0.517. The molecule has 0 bridgehead atoms. The van der Waals surface area contributed by atoms with Crippen LogP contribution in [0.5, 0.6) is 0 Å². The lowest BCUT2D eigenvalue weighted by Crippen LogP contribution is -2.17. The third-order valence-electron chi connectivity index (χ3n) is 3.86. The molecule has 5 heteroatoms. The van der Waals surface area contributed by atoms with Gasteiger partial charge in [0.2, 0.25) is 0 Å². The molecule has 2 aromatic rings. The third-order valence-corrected chi connectivity index (χ3v) is 4.17. The predicted octanol–water partition coefficient (Wildman–Crippen LogP) is 2.57. The summed E-state index contributed by atoms with van der Waals surface area (Å²) >= 11 is 6.30. The van der Waals surface area contributed by atoms with Gasteiger partial charge in [-0.1, -0.05) is 11.6 Å². The number of nitrogens with zero attached hydrogens (tertiary/aromatic N) is 1. The summed E-state index contributed by atoms with van der Waals surface area (Å²) in [7, 11) is 1.98. The molecule has 1 aliphatic heterocycles. The lowest BCUT2D eigenvalue weighted by Gasteiger charge is -2.12. The molecule has 2 unspecified atom stereocenters. The maximum absolute atomic E-state index is 11.0. The number of aromatic nitrogens is 1. The van der Waals surface area contributed by atoms with Crippen molar-refractivity contribution < 1.29 is 9.90 Å². The first-order valence-electron chi connectivity index (χ1n) is 6.27. The average Bonchev–Trinajstić information content (AvgIpc) is 2.97. The summed E-state index contributed by atoms with van der Waals surface area (Å²) < 4.78 is 2.02. The van der Waals surface area contributed by atoms with Crippen molar-refractivity contribution in [3.05, 3.63) is 35.0 Å². The summed E-state index contributed by atoms with van der Waals surface area (Å²) in [5.41, 5.74) is 2.13. The van der Waals surface area contributed by atoms with Gasteiger partial charge in [0.25, 0.3) is 0 Å². The first kappa shape index (κ1) is 12.5. The smallest absolute Gasteiger partial charge is 0.307 e. The van der Waals surface area contributed by atoms with Crippen molar-refractivity contribution in [1.82, 2.24) is 9.88 Å². The van der Waals surface area contributed by atoms with E-state index < -0.39 is 5.97 Å². The minimum atomic E-state index is -0.735. The topological polar surface area (TPSA) is 54.3 Å². The van der Waals surface area contributed by atoms with Crippen LogP contribution in [0.25, 0.3) is 10.9 Å². The van der Waals surface area contributed by atoms with Crippen LogP contribution in [0.15, 0.2) is 24.4 Å². The zero-order chi connectivity index (χ0) is 13.6. The van der Waals surface area contributed by atoms with E-state index in [-0.39, 0.29) is 12.0 Å². The van der Waals surface area contributed by atoms with Crippen molar-refractivity contribution in [2.75, 3.05) is 6.54 Å². The van der Waals surface area contributed by atoms with Gasteiger partial charge in [0.15, 0.2) is 0 Å². The number of carboxylic acid groups (broad SMARTS) is 1. The first-order chi connectivity index (χ1) is 9.06. The van der Waals surface area contributed by atoms with Gasteiger partial charge in [-0.15, -0.1) is 0 Å². The van der Waals surface area contributed by atoms with Crippen LogP contribution < -0.4 is 5.32 Å². The number of rotatable bonds is 2. The Morgan fingerprint density at radius 3 is 3.00 bits per heavy atom. The van der Waals surface area contributed by atoms with Crippen LogP contribution in [0.4, 0.5) is 0 Å². The Bertz CT molecular complexity index is 650. The molecule has 0 saturated carbocycles. The van der Waals surface area contributed by atoms with E-state index >= 15 is 0 Å². The normalized spacial score (nSPS) is 23.1. The Morgan fingerprint density at radius 2 is 2.32 bits per heavy atom. The number of hydrogen-bond acceptors (Lipinski definition) is 2. The highest BCUT2D eigenvalue weighted by molar-refractivity contribution is 6.35. The lowest BCUT2D eigenvalue weighted by atomic mass is 9.99. The molecular formula is C14H15ClN2O2. The monoisotopic (exact) mass is 278 g/mol. The van der Waals surface area contributed by atoms with Crippen molar-refractivity contribution in [3.8, 4) is 0 Å². The van der Waals surface area contributed by atoms with E-state index in [4.69, 9.17) is 16.7 Å². The van der Waals surface area contributed by atoms with Gasteiger partial charge in [-0.25, -0.2) is 0 Å². The summed E-state index contributed by atoms with van der Waals surface area (Å²) in [5, 5.41) is 14.0. The van der Waals surface area contributed by atoms with E-state index in [0.717, 1.165) is 16.5 Å². The second kappa shape index (κ2) is 4.54. The summed E-state index contributed by atoms with van der Waals surface area (Å²) in [5.74, 6) is -1.05. The zero-order valence-corrected chi connectivity index (χ0v) is 11.3. The fourth-order valence-electron chi connectivity index (χ4n) is 2.73. The second-order valence-electron chi connectivity index (χ2n) is 5.09. The molecule has 1 aromatic heterocycles. The maximum Gasteiger partial charge on any atom is 0.307 e. The van der Waals surface area contributed by atoms with Crippen molar-refractivity contribution >= 4 is 28.5 Å². The van der Waals surface area contributed by atoms with Crippen LogP contribution in [-0.2, 0) is 11.8 Å². The SMILES string of the molecule is Cn1ccc2c(Cl)cc(C3CC(C(=O)O)CN3)cc21. The fourth-order valence-corrected chi connectivity index (χ4v) is 3.01. The molecule has 3 rings (SSSR count). The molecule has 2 N–H and O–H groups in total. The lowest BCUT2D eigenvalue weighted by molar-refractivity contribution is -0.141. The predicted molar refractivity (Wildman–Crippen MR) is 74.4 cm³/mol.